The highest BCUT2D eigenvalue weighted by Gasteiger charge is 2.72. The first kappa shape index (κ1) is 21.2. The van der Waals surface area contributed by atoms with Gasteiger partial charge in [-0.25, -0.2) is 4.79 Å². The van der Waals surface area contributed by atoms with Crippen LogP contribution in [0.15, 0.2) is 0 Å². The quantitative estimate of drug-likeness (QED) is 0.350. The van der Waals surface area contributed by atoms with E-state index >= 15 is 0 Å². The summed E-state index contributed by atoms with van der Waals surface area (Å²) in [7, 11) is 1.32. The molecular weight excluding hydrogens is 336 g/mol. The van der Waals surface area contributed by atoms with Crippen LogP contribution in [0.4, 0.5) is 0 Å². The molecule has 2 heterocycles. The van der Waals surface area contributed by atoms with E-state index < -0.39 is 29.6 Å². The van der Waals surface area contributed by atoms with Crippen LogP contribution in [0.25, 0.3) is 0 Å². The second-order valence-corrected chi connectivity index (χ2v) is 7.40. The Hall–Kier alpha value is -1.13. The number of carbonyl (C=O) groups excluding carboxylic acids is 1. The molecule has 6 heteroatoms. The summed E-state index contributed by atoms with van der Waals surface area (Å²) >= 11 is 0. The van der Waals surface area contributed by atoms with E-state index in [9.17, 15) is 15.0 Å². The van der Waals surface area contributed by atoms with Gasteiger partial charge in [0.25, 0.3) is 0 Å². The number of hydrogen-bond acceptors (Lipinski definition) is 6. The van der Waals surface area contributed by atoms with Crippen molar-refractivity contribution in [2.24, 2.45) is 0 Å². The molecule has 0 aliphatic carbocycles. The molecule has 0 saturated carbocycles. The second kappa shape index (κ2) is 9.18. The van der Waals surface area contributed by atoms with Crippen LogP contribution >= 0.6 is 0 Å². The lowest BCUT2D eigenvalue weighted by atomic mass is 9.79. The van der Waals surface area contributed by atoms with Crippen LogP contribution in [-0.2, 0) is 19.0 Å². The summed E-state index contributed by atoms with van der Waals surface area (Å²) < 4.78 is 16.0. The van der Waals surface area contributed by atoms with Gasteiger partial charge in [-0.3, -0.25) is 0 Å². The maximum Gasteiger partial charge on any atom is 0.343 e. The van der Waals surface area contributed by atoms with Gasteiger partial charge in [-0.2, -0.15) is 0 Å². The summed E-state index contributed by atoms with van der Waals surface area (Å²) in [6, 6.07) is 0. The van der Waals surface area contributed by atoms with Crippen LogP contribution in [0.5, 0.6) is 0 Å². The average Bonchev–Trinajstić information content (AvgIpc) is 3.07. The minimum atomic E-state index is -2.15. The molecule has 5 atom stereocenters. The maximum atomic E-state index is 12.5. The van der Waals surface area contributed by atoms with Crippen molar-refractivity contribution in [3.8, 4) is 12.3 Å². The fraction of sp³-hybridized carbons (Fsp3) is 0.850. The van der Waals surface area contributed by atoms with Gasteiger partial charge in [-0.15, -0.1) is 6.42 Å². The number of aliphatic hydroxyl groups is 2. The zero-order valence-corrected chi connectivity index (χ0v) is 15.9. The second-order valence-electron chi connectivity index (χ2n) is 7.40. The standard InChI is InChI=1S/C20H32O6/c1-4-6-7-8-9-10-11-12-13-15-14-20(18(22)25-15)19(23,5-2)16(21)17(24-3)26-20/h2,15-17,21,23H,4,6-14H2,1,3H3/t15-,16+,17-,19+,20-/m0/s1. The van der Waals surface area contributed by atoms with Crippen molar-refractivity contribution in [2.45, 2.75) is 101 Å². The maximum absolute atomic E-state index is 12.5. The van der Waals surface area contributed by atoms with Gasteiger partial charge in [0, 0.05) is 13.5 Å². The lowest BCUT2D eigenvalue weighted by Crippen LogP contribution is -2.58. The number of terminal acetylenes is 1. The van der Waals surface area contributed by atoms with Gasteiger partial charge in [0.15, 0.2) is 11.9 Å². The van der Waals surface area contributed by atoms with E-state index in [-0.39, 0.29) is 12.5 Å². The molecule has 148 valence electrons. The molecule has 0 bridgehead atoms. The van der Waals surface area contributed by atoms with Gasteiger partial charge in [0.05, 0.1) is 0 Å². The first-order valence-corrected chi connectivity index (χ1v) is 9.75. The number of methoxy groups -OCH3 is 1. The number of hydrogen-bond donors (Lipinski definition) is 2. The number of ether oxygens (including phenoxy) is 3. The number of aliphatic hydroxyl groups excluding tert-OH is 1. The van der Waals surface area contributed by atoms with Crippen LogP contribution in [0.3, 0.4) is 0 Å². The first-order valence-electron chi connectivity index (χ1n) is 9.75. The van der Waals surface area contributed by atoms with Gasteiger partial charge in [-0.05, 0) is 12.8 Å². The summed E-state index contributed by atoms with van der Waals surface area (Å²) in [6.07, 6.45) is 12.7. The third kappa shape index (κ3) is 3.91. The SMILES string of the molecule is C#C[C@@]1(O)[C@H](O)[C@@H](OC)O[C@]12C[C@H](CCCCCCCCCC)OC2=O. The molecule has 2 aliphatic rings. The van der Waals surface area contributed by atoms with E-state index in [1.54, 1.807) is 0 Å². The topological polar surface area (TPSA) is 85.2 Å². The molecule has 26 heavy (non-hydrogen) atoms. The molecule has 1 spiro atoms. The molecule has 2 rings (SSSR count). The van der Waals surface area contributed by atoms with E-state index in [2.05, 4.69) is 12.8 Å². The third-order valence-electron chi connectivity index (χ3n) is 5.57. The molecule has 0 unspecified atom stereocenters. The lowest BCUT2D eigenvalue weighted by molar-refractivity contribution is -0.191. The molecule has 2 aliphatic heterocycles. The molecule has 2 fully saturated rings. The predicted molar refractivity (Wildman–Crippen MR) is 96.1 cm³/mol. The van der Waals surface area contributed by atoms with Gasteiger partial charge in [0.2, 0.25) is 5.60 Å². The normalized spacial score (nSPS) is 36.4. The first-order chi connectivity index (χ1) is 12.4. The Bertz CT molecular complexity index is 515. The Morgan fingerprint density at radius 2 is 1.85 bits per heavy atom. The number of rotatable bonds is 10. The molecule has 6 nitrogen and oxygen atoms in total. The Balaban J connectivity index is 1.84. The highest BCUT2D eigenvalue weighted by atomic mass is 16.7. The minimum absolute atomic E-state index is 0.125. The monoisotopic (exact) mass is 368 g/mol. The Kier molecular flexibility index (Phi) is 7.48. The summed E-state index contributed by atoms with van der Waals surface area (Å²) in [5, 5.41) is 21.0. The summed E-state index contributed by atoms with van der Waals surface area (Å²) in [5.74, 6) is 1.42. The highest BCUT2D eigenvalue weighted by Crippen LogP contribution is 2.48. The van der Waals surface area contributed by atoms with Crippen molar-refractivity contribution in [1.82, 2.24) is 0 Å². The molecule has 0 aromatic carbocycles. The molecule has 0 radical (unpaired) electrons. The van der Waals surface area contributed by atoms with Crippen molar-refractivity contribution in [1.29, 1.82) is 0 Å². The zero-order valence-electron chi connectivity index (χ0n) is 15.9. The molecular formula is C20H32O6. The molecule has 2 saturated heterocycles. The molecule has 0 aromatic rings. The van der Waals surface area contributed by atoms with E-state index in [1.807, 2.05) is 0 Å². The summed E-state index contributed by atoms with van der Waals surface area (Å²) in [4.78, 5) is 12.5. The Morgan fingerprint density at radius 1 is 1.23 bits per heavy atom. The van der Waals surface area contributed by atoms with Gasteiger partial charge < -0.3 is 24.4 Å². The van der Waals surface area contributed by atoms with Crippen molar-refractivity contribution < 1.29 is 29.2 Å². The van der Waals surface area contributed by atoms with Gasteiger partial charge >= 0.3 is 5.97 Å². The van der Waals surface area contributed by atoms with E-state index in [0.29, 0.717) is 6.42 Å². The van der Waals surface area contributed by atoms with Crippen LogP contribution in [0.2, 0.25) is 0 Å². The van der Waals surface area contributed by atoms with Crippen molar-refractivity contribution in [2.75, 3.05) is 7.11 Å². The number of carbonyl (C=O) groups is 1. The summed E-state index contributed by atoms with van der Waals surface area (Å²) in [6.45, 7) is 2.21. The van der Waals surface area contributed by atoms with Crippen LogP contribution < -0.4 is 0 Å². The van der Waals surface area contributed by atoms with Crippen molar-refractivity contribution in [3.63, 3.8) is 0 Å². The number of esters is 1. The largest absolute Gasteiger partial charge is 0.460 e. The molecule has 0 amide bonds. The average molecular weight is 368 g/mol. The van der Waals surface area contributed by atoms with Gasteiger partial charge in [-0.1, -0.05) is 57.8 Å². The third-order valence-corrected chi connectivity index (χ3v) is 5.57. The fourth-order valence-corrected chi connectivity index (χ4v) is 3.93. The van der Waals surface area contributed by atoms with Gasteiger partial charge in [0.1, 0.15) is 12.2 Å². The zero-order chi connectivity index (χ0) is 19.2. The van der Waals surface area contributed by atoms with E-state index in [4.69, 9.17) is 20.6 Å². The van der Waals surface area contributed by atoms with Crippen LogP contribution in [-0.4, -0.2) is 53.0 Å². The predicted octanol–water partition coefficient (Wildman–Crippen LogP) is 2.30. The lowest BCUT2D eigenvalue weighted by Gasteiger charge is -2.30. The Labute approximate surface area is 156 Å². The minimum Gasteiger partial charge on any atom is -0.460 e. The highest BCUT2D eigenvalue weighted by molar-refractivity contribution is 5.85. The Morgan fingerprint density at radius 3 is 2.42 bits per heavy atom. The fourth-order valence-electron chi connectivity index (χ4n) is 3.93. The van der Waals surface area contributed by atoms with E-state index in [0.717, 1.165) is 12.8 Å². The molecule has 0 aromatic heterocycles. The van der Waals surface area contributed by atoms with Crippen molar-refractivity contribution in [3.05, 3.63) is 0 Å². The van der Waals surface area contributed by atoms with Crippen molar-refractivity contribution >= 4 is 5.97 Å². The summed E-state index contributed by atoms with van der Waals surface area (Å²) in [5.41, 5.74) is -3.91. The molecule has 2 N–H and O–H groups in total. The smallest absolute Gasteiger partial charge is 0.343 e. The number of cyclic esters (lactones) is 1. The van der Waals surface area contributed by atoms with Crippen LogP contribution in [0, 0.1) is 12.3 Å². The number of unbranched alkanes of at least 4 members (excludes halogenated alkanes) is 7. The van der Waals surface area contributed by atoms with E-state index in [1.165, 1.54) is 45.6 Å². The van der Waals surface area contributed by atoms with Crippen LogP contribution in [0.1, 0.15) is 71.1 Å².